The third kappa shape index (κ3) is 7.37. The van der Waals surface area contributed by atoms with Crippen molar-refractivity contribution in [3.63, 3.8) is 0 Å². The Labute approximate surface area is 195 Å². The van der Waals surface area contributed by atoms with Crippen molar-refractivity contribution in [2.45, 2.75) is 70.3 Å². The average Bonchev–Trinajstić information content (AvgIpc) is 2.80. The van der Waals surface area contributed by atoms with Crippen LogP contribution in [0.5, 0.6) is 0 Å². The van der Waals surface area contributed by atoms with Gasteiger partial charge in [0.15, 0.2) is 0 Å². The molecule has 172 valence electrons. The number of hydrogen-bond acceptors (Lipinski definition) is 3. The Morgan fingerprint density at radius 2 is 1.66 bits per heavy atom. The molecular weight excluding hydrogens is 423 g/mol. The van der Waals surface area contributed by atoms with Gasteiger partial charge in [-0.2, -0.15) is 0 Å². The molecule has 0 radical (unpaired) electrons. The number of rotatable bonds is 9. The van der Waals surface area contributed by atoms with Crippen LogP contribution in [-0.4, -0.2) is 34.6 Å². The van der Waals surface area contributed by atoms with Crippen molar-refractivity contribution in [1.82, 2.24) is 10.2 Å². The SMILES string of the molecule is Cc1ccc(CN(C(=O)CSCc2ccc(F)cc2)[C@H](C)C(=O)NC2CCCCC2)cc1. The standard InChI is InChI=1S/C26H33FN2O2S/c1-19-8-10-21(11-9-19)16-29(20(2)26(31)28-24-6-4-3-5-7-24)25(30)18-32-17-22-12-14-23(27)15-13-22/h8-15,20,24H,3-7,16-18H2,1-2H3,(H,28,31)/t20-/m1/s1. The fourth-order valence-corrected chi connectivity index (χ4v) is 4.83. The molecular formula is C26H33FN2O2S. The normalized spacial score (nSPS) is 15.2. The molecule has 1 atom stereocenters. The minimum Gasteiger partial charge on any atom is -0.352 e. The average molecular weight is 457 g/mol. The van der Waals surface area contributed by atoms with Crippen LogP contribution in [0, 0.1) is 12.7 Å². The molecule has 2 amide bonds. The van der Waals surface area contributed by atoms with Gasteiger partial charge in [0.1, 0.15) is 11.9 Å². The maximum Gasteiger partial charge on any atom is 0.242 e. The molecule has 4 nitrogen and oxygen atoms in total. The van der Waals surface area contributed by atoms with E-state index in [1.54, 1.807) is 17.0 Å². The summed E-state index contributed by atoms with van der Waals surface area (Å²) in [4.78, 5) is 27.8. The van der Waals surface area contributed by atoms with Gasteiger partial charge in [0.25, 0.3) is 0 Å². The second kappa shape index (κ2) is 12.0. The molecule has 0 aliphatic heterocycles. The monoisotopic (exact) mass is 456 g/mol. The Morgan fingerprint density at radius 3 is 2.31 bits per heavy atom. The number of carbonyl (C=O) groups is 2. The molecule has 1 N–H and O–H groups in total. The van der Waals surface area contributed by atoms with Crippen LogP contribution in [0.1, 0.15) is 55.7 Å². The van der Waals surface area contributed by atoms with Crippen LogP contribution in [0.3, 0.4) is 0 Å². The molecule has 32 heavy (non-hydrogen) atoms. The highest BCUT2D eigenvalue weighted by Gasteiger charge is 2.28. The lowest BCUT2D eigenvalue weighted by Crippen LogP contribution is -2.50. The zero-order chi connectivity index (χ0) is 22.9. The molecule has 6 heteroatoms. The van der Waals surface area contributed by atoms with Gasteiger partial charge in [-0.05, 0) is 49.9 Å². The third-order valence-electron chi connectivity index (χ3n) is 6.00. The number of nitrogens with one attached hydrogen (secondary N) is 1. The smallest absolute Gasteiger partial charge is 0.242 e. The van der Waals surface area contributed by atoms with Gasteiger partial charge in [-0.3, -0.25) is 9.59 Å². The van der Waals surface area contributed by atoms with E-state index in [4.69, 9.17) is 0 Å². The van der Waals surface area contributed by atoms with E-state index in [-0.39, 0.29) is 29.4 Å². The number of halogens is 1. The topological polar surface area (TPSA) is 49.4 Å². The number of nitrogens with zero attached hydrogens (tertiary/aromatic N) is 1. The van der Waals surface area contributed by atoms with Crippen LogP contribution in [0.2, 0.25) is 0 Å². The van der Waals surface area contributed by atoms with Gasteiger partial charge in [-0.25, -0.2) is 4.39 Å². The molecule has 3 rings (SSSR count). The van der Waals surface area contributed by atoms with Crippen LogP contribution in [0.4, 0.5) is 4.39 Å². The fourth-order valence-electron chi connectivity index (χ4n) is 3.96. The number of amides is 2. The Morgan fingerprint density at radius 1 is 1.03 bits per heavy atom. The molecule has 1 fully saturated rings. The minimum absolute atomic E-state index is 0.0658. The van der Waals surface area contributed by atoms with Crippen molar-refractivity contribution in [3.05, 3.63) is 71.0 Å². The van der Waals surface area contributed by atoms with Crippen molar-refractivity contribution >= 4 is 23.6 Å². The molecule has 0 spiro atoms. The van der Waals surface area contributed by atoms with Gasteiger partial charge in [0, 0.05) is 18.3 Å². The minimum atomic E-state index is -0.544. The maximum atomic E-state index is 13.2. The molecule has 0 bridgehead atoms. The van der Waals surface area contributed by atoms with E-state index in [9.17, 15) is 14.0 Å². The molecule has 0 heterocycles. The van der Waals surface area contributed by atoms with E-state index in [2.05, 4.69) is 5.32 Å². The molecule has 1 aliphatic carbocycles. The Balaban J connectivity index is 1.64. The number of thioether (sulfide) groups is 1. The van der Waals surface area contributed by atoms with Gasteiger partial charge in [-0.1, -0.05) is 61.2 Å². The molecule has 0 aromatic heterocycles. The van der Waals surface area contributed by atoms with Gasteiger partial charge < -0.3 is 10.2 Å². The van der Waals surface area contributed by atoms with E-state index in [0.29, 0.717) is 12.3 Å². The number of benzene rings is 2. The van der Waals surface area contributed by atoms with Gasteiger partial charge >= 0.3 is 0 Å². The first-order chi connectivity index (χ1) is 15.4. The summed E-state index contributed by atoms with van der Waals surface area (Å²) < 4.78 is 13.1. The number of aryl methyl sites for hydroxylation is 1. The Kier molecular flexibility index (Phi) is 9.15. The highest BCUT2D eigenvalue weighted by atomic mass is 32.2. The summed E-state index contributed by atoms with van der Waals surface area (Å²) in [5.74, 6) is 0.471. The summed E-state index contributed by atoms with van der Waals surface area (Å²) in [5.41, 5.74) is 3.13. The Hall–Kier alpha value is -2.34. The van der Waals surface area contributed by atoms with Crippen molar-refractivity contribution < 1.29 is 14.0 Å². The lowest BCUT2D eigenvalue weighted by Gasteiger charge is -2.31. The second-order valence-corrected chi connectivity index (χ2v) is 9.63. The third-order valence-corrected chi connectivity index (χ3v) is 6.99. The number of hydrogen-bond donors (Lipinski definition) is 1. The molecule has 1 aliphatic rings. The van der Waals surface area contributed by atoms with E-state index in [1.165, 1.54) is 30.3 Å². The summed E-state index contributed by atoms with van der Waals surface area (Å²) in [6.45, 7) is 4.24. The highest BCUT2D eigenvalue weighted by Crippen LogP contribution is 2.19. The first-order valence-electron chi connectivity index (χ1n) is 11.4. The van der Waals surface area contributed by atoms with Crippen LogP contribution in [0.25, 0.3) is 0 Å². The van der Waals surface area contributed by atoms with E-state index in [0.717, 1.165) is 42.4 Å². The van der Waals surface area contributed by atoms with E-state index >= 15 is 0 Å². The van der Waals surface area contributed by atoms with Crippen LogP contribution in [0.15, 0.2) is 48.5 Å². The summed E-state index contributed by atoms with van der Waals surface area (Å²) in [7, 11) is 0. The predicted molar refractivity (Wildman–Crippen MR) is 129 cm³/mol. The van der Waals surface area contributed by atoms with Crippen molar-refractivity contribution in [2.75, 3.05) is 5.75 Å². The molecule has 1 saturated carbocycles. The molecule has 0 unspecified atom stereocenters. The second-order valence-electron chi connectivity index (χ2n) is 8.65. The quantitative estimate of drug-likeness (QED) is 0.562. The molecule has 2 aromatic rings. The molecule has 0 saturated heterocycles. The number of carbonyl (C=O) groups excluding carboxylic acids is 2. The van der Waals surface area contributed by atoms with Crippen molar-refractivity contribution in [2.24, 2.45) is 0 Å². The largest absolute Gasteiger partial charge is 0.352 e. The maximum absolute atomic E-state index is 13.2. The molecule has 2 aromatic carbocycles. The van der Waals surface area contributed by atoms with Crippen LogP contribution in [-0.2, 0) is 21.9 Å². The lowest BCUT2D eigenvalue weighted by molar-refractivity contribution is -0.139. The summed E-state index contributed by atoms with van der Waals surface area (Å²) >= 11 is 1.48. The lowest BCUT2D eigenvalue weighted by atomic mass is 9.95. The van der Waals surface area contributed by atoms with Gasteiger partial charge in [0.2, 0.25) is 11.8 Å². The van der Waals surface area contributed by atoms with E-state index < -0.39 is 6.04 Å². The van der Waals surface area contributed by atoms with Crippen molar-refractivity contribution in [1.29, 1.82) is 0 Å². The highest BCUT2D eigenvalue weighted by molar-refractivity contribution is 7.99. The first kappa shape index (κ1) is 24.3. The van der Waals surface area contributed by atoms with Gasteiger partial charge in [0.05, 0.1) is 5.75 Å². The summed E-state index contributed by atoms with van der Waals surface area (Å²) in [5, 5.41) is 3.16. The zero-order valence-electron chi connectivity index (χ0n) is 19.0. The summed E-state index contributed by atoms with van der Waals surface area (Å²) in [6, 6.07) is 14.1. The van der Waals surface area contributed by atoms with Gasteiger partial charge in [-0.15, -0.1) is 11.8 Å². The Bertz CT molecular complexity index is 880. The fraction of sp³-hybridized carbons (Fsp3) is 0.462. The van der Waals surface area contributed by atoms with Crippen molar-refractivity contribution in [3.8, 4) is 0 Å². The predicted octanol–water partition coefficient (Wildman–Crippen LogP) is 5.23. The van der Waals surface area contributed by atoms with Crippen LogP contribution < -0.4 is 5.32 Å². The zero-order valence-corrected chi connectivity index (χ0v) is 19.8. The summed E-state index contributed by atoms with van der Waals surface area (Å²) in [6.07, 6.45) is 5.54. The first-order valence-corrected chi connectivity index (χ1v) is 12.6. The van der Waals surface area contributed by atoms with E-state index in [1.807, 2.05) is 38.1 Å². The van der Waals surface area contributed by atoms with Crippen LogP contribution >= 0.6 is 11.8 Å².